The lowest BCUT2D eigenvalue weighted by Gasteiger charge is -2.37. The van der Waals surface area contributed by atoms with Crippen molar-refractivity contribution in [1.82, 2.24) is 0 Å². The number of hydrogen-bond donors (Lipinski definition) is 3. The van der Waals surface area contributed by atoms with Crippen molar-refractivity contribution in [2.45, 2.75) is 48.3 Å². The zero-order chi connectivity index (χ0) is 32.6. The van der Waals surface area contributed by atoms with Crippen LogP contribution in [0, 0.1) is 5.92 Å². The summed E-state index contributed by atoms with van der Waals surface area (Å²) in [7, 11) is 5.80. The zero-order valence-electron chi connectivity index (χ0n) is 25.9. The summed E-state index contributed by atoms with van der Waals surface area (Å²) in [5, 5.41) is 31.7. The van der Waals surface area contributed by atoms with Crippen LogP contribution in [-0.2, 0) is 29.3 Å². The number of carbonyl (C=O) groups excluding carboxylic acids is 1. The molecule has 46 heavy (non-hydrogen) atoms. The van der Waals surface area contributed by atoms with Crippen LogP contribution in [-0.4, -0.2) is 93.8 Å². The van der Waals surface area contributed by atoms with Crippen LogP contribution >= 0.6 is 0 Å². The summed E-state index contributed by atoms with van der Waals surface area (Å²) in [6.45, 7) is -0.534. The van der Waals surface area contributed by atoms with Gasteiger partial charge in [-0.2, -0.15) is 0 Å². The Kier molecular flexibility index (Phi) is 9.10. The first-order valence-electron chi connectivity index (χ1n) is 14.9. The SMILES string of the molecule is COC(=O)[C@H]1[C@@H](O)[C@H]2c3c(OC)cc(O[C@@H]4O[C@@H]([C@H](O)CO)CO[C@H]4OC)cc3O[C@@]2(c2ccc(OC)cc2)[C@@H]1c1ccccc1. The topological polar surface area (TPSA) is 152 Å². The number of benzene rings is 3. The van der Waals surface area contributed by atoms with E-state index in [1.54, 1.807) is 19.2 Å². The third kappa shape index (κ3) is 5.24. The van der Waals surface area contributed by atoms with Gasteiger partial charge in [-0.25, -0.2) is 0 Å². The van der Waals surface area contributed by atoms with Gasteiger partial charge in [-0.05, 0) is 23.3 Å². The molecule has 9 atom stereocenters. The molecule has 3 N–H and O–H groups in total. The number of aliphatic hydroxyl groups is 3. The maximum atomic E-state index is 13.4. The third-order valence-corrected chi connectivity index (χ3v) is 9.11. The van der Waals surface area contributed by atoms with Crippen molar-refractivity contribution in [3.8, 4) is 23.0 Å². The van der Waals surface area contributed by atoms with Gasteiger partial charge in [0.2, 0.25) is 6.29 Å². The van der Waals surface area contributed by atoms with Gasteiger partial charge in [0.25, 0.3) is 6.29 Å². The number of aliphatic hydroxyl groups excluding tert-OH is 3. The Balaban J connectivity index is 1.48. The molecule has 0 radical (unpaired) electrons. The number of methoxy groups -OCH3 is 4. The molecule has 6 rings (SSSR count). The molecule has 1 saturated carbocycles. The van der Waals surface area contributed by atoms with Crippen molar-refractivity contribution in [2.24, 2.45) is 5.92 Å². The lowest BCUT2D eigenvalue weighted by Crippen LogP contribution is -2.52. The van der Waals surface area contributed by atoms with E-state index >= 15 is 0 Å². The molecule has 2 heterocycles. The van der Waals surface area contributed by atoms with Gasteiger partial charge in [0.1, 0.15) is 35.2 Å². The maximum absolute atomic E-state index is 13.4. The highest BCUT2D eigenvalue weighted by Crippen LogP contribution is 2.68. The van der Waals surface area contributed by atoms with E-state index in [9.17, 15) is 20.1 Å². The van der Waals surface area contributed by atoms with Gasteiger partial charge < -0.3 is 53.2 Å². The summed E-state index contributed by atoms with van der Waals surface area (Å²) in [6.07, 6.45) is -5.32. The first kappa shape index (κ1) is 32.0. The molecule has 1 saturated heterocycles. The molecule has 3 aliphatic rings. The predicted molar refractivity (Wildman–Crippen MR) is 161 cm³/mol. The van der Waals surface area contributed by atoms with Gasteiger partial charge in [-0.15, -0.1) is 0 Å². The van der Waals surface area contributed by atoms with Crippen molar-refractivity contribution in [1.29, 1.82) is 0 Å². The van der Waals surface area contributed by atoms with E-state index in [0.717, 1.165) is 5.56 Å². The summed E-state index contributed by atoms with van der Waals surface area (Å²) < 4.78 is 46.7. The first-order chi connectivity index (χ1) is 22.3. The van der Waals surface area contributed by atoms with Gasteiger partial charge in [0, 0.05) is 30.7 Å². The largest absolute Gasteiger partial charge is 0.497 e. The Morgan fingerprint density at radius 3 is 2.33 bits per heavy atom. The van der Waals surface area contributed by atoms with Gasteiger partial charge in [0.05, 0.1) is 52.5 Å². The molecule has 12 nitrogen and oxygen atoms in total. The fraction of sp³-hybridized carbons (Fsp3) is 0.441. The number of hydrogen-bond acceptors (Lipinski definition) is 12. The summed E-state index contributed by atoms with van der Waals surface area (Å²) in [4.78, 5) is 13.4. The highest BCUT2D eigenvalue weighted by atomic mass is 16.8. The molecule has 1 aliphatic carbocycles. The van der Waals surface area contributed by atoms with Gasteiger partial charge >= 0.3 is 5.97 Å². The molecule has 0 amide bonds. The van der Waals surface area contributed by atoms with Crippen LogP contribution in [0.3, 0.4) is 0 Å². The van der Waals surface area contributed by atoms with Crippen molar-refractivity contribution < 1.29 is 58.0 Å². The molecule has 0 aromatic heterocycles. The fourth-order valence-corrected chi connectivity index (χ4v) is 7.07. The number of esters is 1. The lowest BCUT2D eigenvalue weighted by atomic mass is 9.73. The Labute approximate surface area is 266 Å². The molecule has 0 unspecified atom stereocenters. The Morgan fingerprint density at radius 2 is 1.70 bits per heavy atom. The van der Waals surface area contributed by atoms with Crippen LogP contribution < -0.4 is 18.9 Å². The van der Waals surface area contributed by atoms with Crippen molar-refractivity contribution >= 4 is 5.97 Å². The summed E-state index contributed by atoms with van der Waals surface area (Å²) >= 11 is 0. The number of rotatable bonds is 10. The predicted octanol–water partition coefficient (Wildman–Crippen LogP) is 2.47. The lowest BCUT2D eigenvalue weighted by molar-refractivity contribution is -0.324. The van der Waals surface area contributed by atoms with Crippen LogP contribution in [0.2, 0.25) is 0 Å². The molecule has 12 heteroatoms. The van der Waals surface area contributed by atoms with E-state index in [1.807, 2.05) is 54.6 Å². The second-order valence-corrected chi connectivity index (χ2v) is 11.4. The second-order valence-electron chi connectivity index (χ2n) is 11.4. The molecule has 3 aromatic carbocycles. The van der Waals surface area contributed by atoms with Crippen molar-refractivity contribution in [3.05, 3.63) is 83.4 Å². The van der Waals surface area contributed by atoms with E-state index in [2.05, 4.69) is 0 Å². The van der Waals surface area contributed by atoms with E-state index in [0.29, 0.717) is 28.4 Å². The highest BCUT2D eigenvalue weighted by molar-refractivity contribution is 5.78. The van der Waals surface area contributed by atoms with Crippen LogP contribution in [0.4, 0.5) is 0 Å². The second kappa shape index (κ2) is 13.1. The number of ether oxygens (including phenoxy) is 8. The fourth-order valence-electron chi connectivity index (χ4n) is 7.07. The average Bonchev–Trinajstić information content (AvgIpc) is 3.57. The quantitative estimate of drug-likeness (QED) is 0.280. The minimum atomic E-state index is -1.28. The molecule has 0 spiro atoms. The summed E-state index contributed by atoms with van der Waals surface area (Å²) in [5.74, 6) is -1.36. The minimum Gasteiger partial charge on any atom is -0.497 e. The standard InChI is InChI=1S/C34H38O12/c1-39-20-12-10-19(11-13-20)34-28(18-8-6-5-7-9-18)27(31(38)41-3)30(37)29(34)26-23(40-2)14-21(15-24(26)46-34)44-33-32(42-4)43-17-25(45-33)22(36)16-35/h5-15,22,25,27-30,32-33,35-37H,16-17H2,1-4H3/t22-,25-,27-,28-,29-,30-,32-,33-,34+/m1/s1. The van der Waals surface area contributed by atoms with Crippen LogP contribution in [0.25, 0.3) is 0 Å². The summed E-state index contributed by atoms with van der Waals surface area (Å²) in [5.41, 5.74) is 0.768. The Hall–Kier alpha value is -3.91. The number of carbonyl (C=O) groups is 1. The van der Waals surface area contributed by atoms with Crippen LogP contribution in [0.15, 0.2) is 66.7 Å². The van der Waals surface area contributed by atoms with Gasteiger partial charge in [0.15, 0.2) is 5.60 Å². The van der Waals surface area contributed by atoms with Gasteiger partial charge in [-0.3, -0.25) is 4.79 Å². The maximum Gasteiger partial charge on any atom is 0.312 e. The van der Waals surface area contributed by atoms with Crippen LogP contribution in [0.1, 0.15) is 28.5 Å². The Morgan fingerprint density at radius 1 is 0.957 bits per heavy atom. The molecule has 0 bridgehead atoms. The van der Waals surface area contributed by atoms with Crippen molar-refractivity contribution in [2.75, 3.05) is 41.7 Å². The smallest absolute Gasteiger partial charge is 0.312 e. The molecular weight excluding hydrogens is 600 g/mol. The molecule has 2 fully saturated rings. The van der Waals surface area contributed by atoms with Crippen LogP contribution in [0.5, 0.6) is 23.0 Å². The zero-order valence-corrected chi connectivity index (χ0v) is 25.9. The number of fused-ring (bicyclic) bond motifs is 3. The third-order valence-electron chi connectivity index (χ3n) is 9.11. The minimum absolute atomic E-state index is 0.0110. The molecule has 2 aliphatic heterocycles. The molecular formula is C34H38O12. The average molecular weight is 639 g/mol. The molecule has 246 valence electrons. The first-order valence-corrected chi connectivity index (χ1v) is 14.9. The Bertz CT molecular complexity index is 1510. The normalized spacial score (nSPS) is 30.5. The highest BCUT2D eigenvalue weighted by Gasteiger charge is 2.70. The van der Waals surface area contributed by atoms with E-state index in [4.69, 9.17) is 37.9 Å². The van der Waals surface area contributed by atoms with Gasteiger partial charge in [-0.1, -0.05) is 42.5 Å². The van der Waals surface area contributed by atoms with E-state index in [-0.39, 0.29) is 12.4 Å². The summed E-state index contributed by atoms with van der Waals surface area (Å²) in [6, 6.07) is 20.1. The monoisotopic (exact) mass is 638 g/mol. The van der Waals surface area contributed by atoms with Crippen molar-refractivity contribution in [3.63, 3.8) is 0 Å². The molecule has 3 aromatic rings. The van der Waals surface area contributed by atoms with E-state index in [1.165, 1.54) is 21.3 Å². The van der Waals surface area contributed by atoms with E-state index < -0.39 is 66.8 Å².